The molecular formula is C9H9N5O. The summed E-state index contributed by atoms with van der Waals surface area (Å²) in [5.74, 6) is 5.82. The topological polar surface area (TPSA) is 96.9 Å². The maximum absolute atomic E-state index is 8.04. The van der Waals surface area contributed by atoms with E-state index in [-0.39, 0.29) is 6.54 Å². The highest BCUT2D eigenvalue weighted by molar-refractivity contribution is 5.50. The van der Waals surface area contributed by atoms with E-state index < -0.39 is 0 Å². The summed E-state index contributed by atoms with van der Waals surface area (Å²) in [6, 6.07) is 1.65. The number of nitrogens with two attached hydrogens (primary N) is 1. The van der Waals surface area contributed by atoms with Gasteiger partial charge >= 0.3 is 0 Å². The summed E-state index contributed by atoms with van der Waals surface area (Å²) in [6.07, 6.45) is 1.48. The van der Waals surface area contributed by atoms with Crippen molar-refractivity contribution in [2.45, 2.75) is 0 Å². The SMILES string of the molecule is COc1ncc(N)cc1C#CCN=[N+]=[N-]. The van der Waals surface area contributed by atoms with Gasteiger partial charge in [-0.25, -0.2) is 4.98 Å². The van der Waals surface area contributed by atoms with Gasteiger partial charge in [0.1, 0.15) is 0 Å². The van der Waals surface area contributed by atoms with Gasteiger partial charge in [-0.3, -0.25) is 0 Å². The van der Waals surface area contributed by atoms with Gasteiger partial charge in [-0.15, -0.1) is 0 Å². The molecule has 1 aromatic heterocycles. The molecule has 6 nitrogen and oxygen atoms in total. The normalized spacial score (nSPS) is 8.33. The van der Waals surface area contributed by atoms with Crippen LogP contribution in [0.25, 0.3) is 10.4 Å². The fourth-order valence-corrected chi connectivity index (χ4v) is 0.922. The number of azide groups is 1. The zero-order valence-electron chi connectivity index (χ0n) is 8.14. The second-order valence-electron chi connectivity index (χ2n) is 2.52. The van der Waals surface area contributed by atoms with Gasteiger partial charge in [0.05, 0.1) is 31.1 Å². The monoisotopic (exact) mass is 203 g/mol. The number of methoxy groups -OCH3 is 1. The van der Waals surface area contributed by atoms with E-state index in [4.69, 9.17) is 16.0 Å². The van der Waals surface area contributed by atoms with Gasteiger partial charge in [0, 0.05) is 4.91 Å². The number of anilines is 1. The molecule has 1 heterocycles. The third-order valence-electron chi connectivity index (χ3n) is 1.50. The lowest BCUT2D eigenvalue weighted by Crippen LogP contribution is -1.94. The van der Waals surface area contributed by atoms with Crippen molar-refractivity contribution < 1.29 is 4.74 Å². The van der Waals surface area contributed by atoms with Crippen LogP contribution < -0.4 is 10.5 Å². The number of aromatic nitrogens is 1. The van der Waals surface area contributed by atoms with E-state index in [1.165, 1.54) is 13.3 Å². The summed E-state index contributed by atoms with van der Waals surface area (Å²) in [6.45, 7) is 0.106. The minimum atomic E-state index is 0.106. The lowest BCUT2D eigenvalue weighted by atomic mass is 10.2. The molecular weight excluding hydrogens is 194 g/mol. The maximum Gasteiger partial charge on any atom is 0.229 e. The average Bonchev–Trinajstić information content (AvgIpc) is 2.25. The molecule has 0 bridgehead atoms. The van der Waals surface area contributed by atoms with E-state index in [2.05, 4.69) is 26.9 Å². The molecule has 0 spiro atoms. The molecule has 0 radical (unpaired) electrons. The van der Waals surface area contributed by atoms with Crippen LogP contribution in [0.5, 0.6) is 5.88 Å². The zero-order valence-corrected chi connectivity index (χ0v) is 8.14. The second kappa shape index (κ2) is 5.37. The van der Waals surface area contributed by atoms with E-state index in [0.29, 0.717) is 17.1 Å². The molecule has 1 rings (SSSR count). The number of nitrogens with zero attached hydrogens (tertiary/aromatic N) is 4. The standard InChI is InChI=1S/C9H9N5O/c1-15-9-7(3-2-4-13-14-11)5-8(10)6-12-9/h5-6H,4,10H2,1H3. The van der Waals surface area contributed by atoms with Crippen molar-refractivity contribution in [3.05, 3.63) is 28.3 Å². The highest BCUT2D eigenvalue weighted by Gasteiger charge is 2.00. The van der Waals surface area contributed by atoms with Gasteiger partial charge in [-0.05, 0) is 11.6 Å². The van der Waals surface area contributed by atoms with E-state index in [0.717, 1.165) is 0 Å². The predicted molar refractivity (Wildman–Crippen MR) is 56.1 cm³/mol. The van der Waals surface area contributed by atoms with Crippen LogP contribution in [0.4, 0.5) is 5.69 Å². The van der Waals surface area contributed by atoms with Crippen LogP contribution in [0.2, 0.25) is 0 Å². The van der Waals surface area contributed by atoms with Crippen LogP contribution in [-0.4, -0.2) is 18.6 Å². The Morgan fingerprint density at radius 2 is 2.53 bits per heavy atom. The largest absolute Gasteiger partial charge is 0.480 e. The van der Waals surface area contributed by atoms with Crippen LogP contribution in [0.15, 0.2) is 17.4 Å². The fourth-order valence-electron chi connectivity index (χ4n) is 0.922. The highest BCUT2D eigenvalue weighted by Crippen LogP contribution is 2.15. The van der Waals surface area contributed by atoms with Crippen molar-refractivity contribution >= 4 is 5.69 Å². The summed E-state index contributed by atoms with van der Waals surface area (Å²) in [5.41, 5.74) is 14.7. The third-order valence-corrected chi connectivity index (χ3v) is 1.50. The van der Waals surface area contributed by atoms with Gasteiger partial charge in [-0.2, -0.15) is 0 Å². The molecule has 0 atom stereocenters. The number of nitrogen functional groups attached to an aromatic ring is 1. The molecule has 0 unspecified atom stereocenters. The summed E-state index contributed by atoms with van der Waals surface area (Å²) < 4.78 is 4.98. The first-order chi connectivity index (χ1) is 7.27. The number of ether oxygens (including phenoxy) is 1. The smallest absolute Gasteiger partial charge is 0.229 e. The summed E-state index contributed by atoms with van der Waals surface area (Å²) in [4.78, 5) is 6.52. The molecule has 0 aliphatic rings. The molecule has 15 heavy (non-hydrogen) atoms. The van der Waals surface area contributed by atoms with Gasteiger partial charge < -0.3 is 10.5 Å². The van der Waals surface area contributed by atoms with Crippen molar-refractivity contribution in [3.8, 4) is 17.7 Å². The first kappa shape index (κ1) is 10.7. The minimum absolute atomic E-state index is 0.106. The van der Waals surface area contributed by atoms with E-state index in [1.54, 1.807) is 6.07 Å². The van der Waals surface area contributed by atoms with Crippen molar-refractivity contribution in [3.63, 3.8) is 0 Å². The average molecular weight is 203 g/mol. The van der Waals surface area contributed by atoms with Crippen LogP contribution in [0.1, 0.15) is 5.56 Å². The van der Waals surface area contributed by atoms with Gasteiger partial charge in [-0.1, -0.05) is 17.0 Å². The van der Waals surface area contributed by atoms with E-state index in [1.807, 2.05) is 0 Å². The summed E-state index contributed by atoms with van der Waals surface area (Å²) in [5, 5.41) is 3.28. The quantitative estimate of drug-likeness (QED) is 0.340. The van der Waals surface area contributed by atoms with Gasteiger partial charge in [0.15, 0.2) is 0 Å². The predicted octanol–water partition coefficient (Wildman–Crippen LogP) is 1.33. The Bertz CT molecular complexity index is 453. The zero-order chi connectivity index (χ0) is 11.1. The molecule has 0 saturated carbocycles. The highest BCUT2D eigenvalue weighted by atomic mass is 16.5. The maximum atomic E-state index is 8.04. The van der Waals surface area contributed by atoms with E-state index >= 15 is 0 Å². The van der Waals surface area contributed by atoms with Crippen molar-refractivity contribution in [2.24, 2.45) is 5.11 Å². The first-order valence-electron chi connectivity index (χ1n) is 4.07. The number of rotatable bonds is 2. The van der Waals surface area contributed by atoms with Crippen molar-refractivity contribution in [1.82, 2.24) is 4.98 Å². The third kappa shape index (κ3) is 3.10. The minimum Gasteiger partial charge on any atom is -0.480 e. The lowest BCUT2D eigenvalue weighted by molar-refractivity contribution is 0.397. The van der Waals surface area contributed by atoms with E-state index in [9.17, 15) is 0 Å². The lowest BCUT2D eigenvalue weighted by Gasteiger charge is -2.01. The Hall–Kier alpha value is -2.38. The first-order valence-corrected chi connectivity index (χ1v) is 4.07. The Kier molecular flexibility index (Phi) is 3.83. The van der Waals surface area contributed by atoms with Crippen LogP contribution >= 0.6 is 0 Å². The van der Waals surface area contributed by atoms with Gasteiger partial charge in [0.2, 0.25) is 5.88 Å². The van der Waals surface area contributed by atoms with Crippen molar-refractivity contribution in [2.75, 3.05) is 19.4 Å². The number of pyridine rings is 1. The molecule has 2 N–H and O–H groups in total. The Labute approximate surface area is 86.7 Å². The fraction of sp³-hybridized carbons (Fsp3) is 0.222. The Morgan fingerprint density at radius 3 is 3.20 bits per heavy atom. The molecule has 6 heteroatoms. The molecule has 76 valence electrons. The summed E-state index contributed by atoms with van der Waals surface area (Å²) >= 11 is 0. The molecule has 0 aliphatic heterocycles. The number of hydrogen-bond donors (Lipinski definition) is 1. The van der Waals surface area contributed by atoms with Crippen LogP contribution in [0.3, 0.4) is 0 Å². The molecule has 0 fully saturated rings. The summed E-state index contributed by atoms with van der Waals surface area (Å²) in [7, 11) is 1.50. The van der Waals surface area contributed by atoms with Crippen LogP contribution in [-0.2, 0) is 0 Å². The molecule has 1 aromatic rings. The Morgan fingerprint density at radius 1 is 1.73 bits per heavy atom. The number of hydrogen-bond acceptors (Lipinski definition) is 4. The molecule has 0 aliphatic carbocycles. The Balaban J connectivity index is 2.94. The molecule has 0 aromatic carbocycles. The van der Waals surface area contributed by atoms with Crippen LogP contribution in [0, 0.1) is 11.8 Å². The second-order valence-corrected chi connectivity index (χ2v) is 2.52. The molecule has 0 saturated heterocycles. The molecule has 0 amide bonds. The van der Waals surface area contributed by atoms with Gasteiger partial charge in [0.25, 0.3) is 0 Å². The van der Waals surface area contributed by atoms with Crippen molar-refractivity contribution in [1.29, 1.82) is 0 Å².